The summed E-state index contributed by atoms with van der Waals surface area (Å²) in [4.78, 5) is 11.1. The lowest BCUT2D eigenvalue weighted by Crippen LogP contribution is -2.07. The Hall–Kier alpha value is -1.16. The highest BCUT2D eigenvalue weighted by Crippen LogP contribution is 2.28. The lowest BCUT2D eigenvalue weighted by Gasteiger charge is -2.10. The minimum absolute atomic E-state index is 0.0610. The van der Waals surface area contributed by atoms with Crippen LogP contribution in [0.1, 0.15) is 22.8 Å². The SMILES string of the molecule is CC(=O)c1cc(Cl)c(C)cc1OC(F)F. The molecule has 82 valence electrons. The molecule has 0 saturated carbocycles. The third-order valence-corrected chi connectivity index (χ3v) is 2.26. The smallest absolute Gasteiger partial charge is 0.387 e. The van der Waals surface area contributed by atoms with E-state index in [2.05, 4.69) is 4.74 Å². The predicted octanol–water partition coefficient (Wildman–Crippen LogP) is 3.45. The van der Waals surface area contributed by atoms with Crippen molar-refractivity contribution in [3.8, 4) is 5.75 Å². The van der Waals surface area contributed by atoms with Gasteiger partial charge in [-0.2, -0.15) is 8.78 Å². The highest BCUT2D eigenvalue weighted by Gasteiger charge is 2.14. The quantitative estimate of drug-likeness (QED) is 0.749. The molecule has 15 heavy (non-hydrogen) atoms. The van der Waals surface area contributed by atoms with Gasteiger partial charge in [-0.05, 0) is 31.5 Å². The number of aryl methyl sites for hydroxylation is 1. The highest BCUT2D eigenvalue weighted by molar-refractivity contribution is 6.31. The lowest BCUT2D eigenvalue weighted by molar-refractivity contribution is -0.0501. The molecule has 0 saturated heterocycles. The van der Waals surface area contributed by atoms with Crippen LogP contribution in [0.3, 0.4) is 0 Å². The normalized spacial score (nSPS) is 10.5. The molecule has 0 aliphatic carbocycles. The molecule has 0 heterocycles. The standard InChI is InChI=1S/C10H9ClF2O2/c1-5-3-9(15-10(12)13)7(6(2)14)4-8(5)11/h3-4,10H,1-2H3. The van der Waals surface area contributed by atoms with Gasteiger partial charge in [-0.15, -0.1) is 0 Å². The van der Waals surface area contributed by atoms with Crippen molar-refractivity contribution in [3.05, 3.63) is 28.3 Å². The molecule has 0 radical (unpaired) electrons. The topological polar surface area (TPSA) is 26.3 Å². The Morgan fingerprint density at radius 3 is 2.53 bits per heavy atom. The van der Waals surface area contributed by atoms with E-state index in [1.54, 1.807) is 6.92 Å². The second kappa shape index (κ2) is 4.57. The van der Waals surface area contributed by atoms with Gasteiger partial charge >= 0.3 is 6.61 Å². The van der Waals surface area contributed by atoms with Gasteiger partial charge in [-0.1, -0.05) is 11.6 Å². The first-order chi connectivity index (χ1) is 6.91. The Kier molecular flexibility index (Phi) is 3.63. The molecule has 0 unspecified atom stereocenters. The van der Waals surface area contributed by atoms with Crippen molar-refractivity contribution in [1.29, 1.82) is 0 Å². The van der Waals surface area contributed by atoms with E-state index in [1.165, 1.54) is 19.1 Å². The second-order valence-electron chi connectivity index (χ2n) is 3.03. The number of benzene rings is 1. The summed E-state index contributed by atoms with van der Waals surface area (Å²) in [6.07, 6.45) is 0. The highest BCUT2D eigenvalue weighted by atomic mass is 35.5. The lowest BCUT2D eigenvalue weighted by atomic mass is 10.1. The predicted molar refractivity (Wildman–Crippen MR) is 52.8 cm³/mol. The van der Waals surface area contributed by atoms with Gasteiger partial charge in [0.25, 0.3) is 0 Å². The maximum atomic E-state index is 12.0. The van der Waals surface area contributed by atoms with Crippen LogP contribution in [0.4, 0.5) is 8.78 Å². The van der Waals surface area contributed by atoms with Crippen LogP contribution in [0.2, 0.25) is 5.02 Å². The molecule has 0 aliphatic heterocycles. The average molecular weight is 235 g/mol. The van der Waals surface area contributed by atoms with Crippen molar-refractivity contribution in [1.82, 2.24) is 0 Å². The van der Waals surface area contributed by atoms with E-state index in [0.29, 0.717) is 10.6 Å². The summed E-state index contributed by atoms with van der Waals surface area (Å²) in [7, 11) is 0. The van der Waals surface area contributed by atoms with E-state index in [9.17, 15) is 13.6 Å². The molecule has 0 N–H and O–H groups in total. The van der Waals surface area contributed by atoms with E-state index in [-0.39, 0.29) is 17.1 Å². The van der Waals surface area contributed by atoms with Gasteiger partial charge in [-0.25, -0.2) is 0 Å². The third-order valence-electron chi connectivity index (χ3n) is 1.86. The number of halogens is 3. The molecule has 2 nitrogen and oxygen atoms in total. The summed E-state index contributed by atoms with van der Waals surface area (Å²) >= 11 is 5.77. The molecule has 1 aromatic rings. The fourth-order valence-electron chi connectivity index (χ4n) is 1.12. The number of hydrogen-bond acceptors (Lipinski definition) is 2. The van der Waals surface area contributed by atoms with Crippen LogP contribution in [0.25, 0.3) is 0 Å². The average Bonchev–Trinajstić information content (AvgIpc) is 2.09. The minimum Gasteiger partial charge on any atom is -0.434 e. The van der Waals surface area contributed by atoms with E-state index in [0.717, 1.165) is 0 Å². The first kappa shape index (κ1) is 11.9. The minimum atomic E-state index is -2.95. The van der Waals surface area contributed by atoms with Crippen LogP contribution < -0.4 is 4.74 Å². The third kappa shape index (κ3) is 2.89. The van der Waals surface area contributed by atoms with Crippen molar-refractivity contribution < 1.29 is 18.3 Å². The van der Waals surface area contributed by atoms with Crippen LogP contribution in [-0.2, 0) is 0 Å². The summed E-state index contributed by atoms with van der Waals surface area (Å²) < 4.78 is 28.3. The zero-order valence-electron chi connectivity index (χ0n) is 8.18. The number of ether oxygens (including phenoxy) is 1. The molecule has 0 bridgehead atoms. The second-order valence-corrected chi connectivity index (χ2v) is 3.44. The van der Waals surface area contributed by atoms with Gasteiger partial charge in [0.1, 0.15) is 5.75 Å². The van der Waals surface area contributed by atoms with Crippen LogP contribution in [0.15, 0.2) is 12.1 Å². The van der Waals surface area contributed by atoms with Gasteiger partial charge in [-0.3, -0.25) is 4.79 Å². The van der Waals surface area contributed by atoms with Crippen LogP contribution >= 0.6 is 11.6 Å². The first-order valence-electron chi connectivity index (χ1n) is 4.17. The van der Waals surface area contributed by atoms with Gasteiger partial charge in [0.05, 0.1) is 5.56 Å². The van der Waals surface area contributed by atoms with E-state index in [4.69, 9.17) is 11.6 Å². The summed E-state index contributed by atoms with van der Waals surface area (Å²) in [6.45, 7) is -0.0483. The summed E-state index contributed by atoms with van der Waals surface area (Å²) in [5.41, 5.74) is 0.642. The Morgan fingerprint density at radius 1 is 1.47 bits per heavy atom. The molecule has 0 aromatic heterocycles. The monoisotopic (exact) mass is 234 g/mol. The maximum Gasteiger partial charge on any atom is 0.387 e. The maximum absolute atomic E-state index is 12.0. The van der Waals surface area contributed by atoms with Crippen LogP contribution in [-0.4, -0.2) is 12.4 Å². The molecule has 1 aromatic carbocycles. The largest absolute Gasteiger partial charge is 0.434 e. The van der Waals surface area contributed by atoms with Crippen molar-refractivity contribution in [2.24, 2.45) is 0 Å². The van der Waals surface area contributed by atoms with E-state index >= 15 is 0 Å². The molecular weight excluding hydrogens is 226 g/mol. The van der Waals surface area contributed by atoms with Gasteiger partial charge in [0, 0.05) is 5.02 Å². The van der Waals surface area contributed by atoms with E-state index in [1.807, 2.05) is 0 Å². The number of carbonyl (C=O) groups excluding carboxylic acids is 1. The zero-order chi connectivity index (χ0) is 11.6. The van der Waals surface area contributed by atoms with Crippen molar-refractivity contribution in [3.63, 3.8) is 0 Å². The number of carbonyl (C=O) groups is 1. The fourth-order valence-corrected chi connectivity index (χ4v) is 1.29. The Bertz CT molecular complexity index is 391. The number of alkyl halides is 2. The van der Waals surface area contributed by atoms with E-state index < -0.39 is 6.61 Å². The Balaban J connectivity index is 3.22. The Labute approximate surface area is 90.8 Å². The van der Waals surface area contributed by atoms with Crippen molar-refractivity contribution in [2.75, 3.05) is 0 Å². The number of ketones is 1. The van der Waals surface area contributed by atoms with Crippen LogP contribution in [0.5, 0.6) is 5.75 Å². The Morgan fingerprint density at radius 2 is 2.07 bits per heavy atom. The molecule has 0 amide bonds. The molecule has 5 heteroatoms. The first-order valence-corrected chi connectivity index (χ1v) is 4.55. The zero-order valence-corrected chi connectivity index (χ0v) is 8.94. The molecule has 0 spiro atoms. The summed E-state index contributed by atoms with van der Waals surface area (Å²) in [5.74, 6) is -0.507. The molecule has 1 rings (SSSR count). The van der Waals surface area contributed by atoms with Gasteiger partial charge in [0.2, 0.25) is 0 Å². The van der Waals surface area contributed by atoms with Gasteiger partial charge < -0.3 is 4.74 Å². The number of Topliss-reactive ketones (excluding diaryl/α,β-unsaturated/α-hetero) is 1. The summed E-state index contributed by atoms with van der Waals surface area (Å²) in [6, 6.07) is 2.65. The van der Waals surface area contributed by atoms with Crippen LogP contribution in [0, 0.1) is 6.92 Å². The number of rotatable bonds is 3. The summed E-state index contributed by atoms with van der Waals surface area (Å²) in [5, 5.41) is 0.349. The van der Waals surface area contributed by atoms with Crippen molar-refractivity contribution >= 4 is 17.4 Å². The fraction of sp³-hybridized carbons (Fsp3) is 0.300. The van der Waals surface area contributed by atoms with Gasteiger partial charge in [0.15, 0.2) is 5.78 Å². The molecular formula is C10H9ClF2O2. The molecule has 0 atom stereocenters. The van der Waals surface area contributed by atoms with Crippen molar-refractivity contribution in [2.45, 2.75) is 20.5 Å². The molecule has 0 aliphatic rings. The molecule has 0 fully saturated rings. The number of hydrogen-bond donors (Lipinski definition) is 0.